The summed E-state index contributed by atoms with van der Waals surface area (Å²) in [6.07, 6.45) is 5.56. The minimum Gasteiger partial charge on any atom is -0.480 e. The van der Waals surface area contributed by atoms with Crippen LogP contribution in [0.15, 0.2) is 25.0 Å². The lowest BCUT2D eigenvalue weighted by molar-refractivity contribution is -0.143. The van der Waals surface area contributed by atoms with Crippen molar-refractivity contribution >= 4 is 29.6 Å². The molecule has 0 fully saturated rings. The van der Waals surface area contributed by atoms with E-state index in [0.717, 1.165) is 0 Å². The second-order valence-corrected chi connectivity index (χ2v) is 8.86. The van der Waals surface area contributed by atoms with Gasteiger partial charge in [0.15, 0.2) is 0 Å². The number of primary amides is 1. The van der Waals surface area contributed by atoms with Crippen LogP contribution < -0.4 is 27.4 Å². The van der Waals surface area contributed by atoms with E-state index < -0.39 is 59.7 Å². The fourth-order valence-corrected chi connectivity index (χ4v) is 3.40. The van der Waals surface area contributed by atoms with Gasteiger partial charge in [-0.15, -0.1) is 0 Å². The van der Waals surface area contributed by atoms with E-state index in [2.05, 4.69) is 35.9 Å². The number of amides is 4. The predicted octanol–water partition coefficient (Wildman–Crippen LogP) is -2.29. The minimum atomic E-state index is -1.22. The van der Waals surface area contributed by atoms with Crippen LogP contribution in [0.1, 0.15) is 38.1 Å². The summed E-state index contributed by atoms with van der Waals surface area (Å²) in [6, 6.07) is -4.66. The normalized spacial score (nSPS) is 14.3. The Kier molecular flexibility index (Phi) is 10.7. The van der Waals surface area contributed by atoms with Gasteiger partial charge in [0.2, 0.25) is 23.6 Å². The average Bonchev–Trinajstić information content (AvgIpc) is 3.53. The van der Waals surface area contributed by atoms with Crippen molar-refractivity contribution in [1.82, 2.24) is 35.9 Å². The summed E-state index contributed by atoms with van der Waals surface area (Å²) in [5.41, 5.74) is 12.0. The Balaban J connectivity index is 2.22. The number of hydrogen-bond donors (Lipinski definition) is 8. The molecule has 0 saturated carbocycles. The molecule has 0 aliphatic heterocycles. The quantitative estimate of drug-likeness (QED) is 0.126. The number of carbonyl (C=O) groups excluding carboxylic acids is 4. The summed E-state index contributed by atoms with van der Waals surface area (Å²) in [5, 5.41) is 17.0. The number of hydrogen-bond acceptors (Lipinski definition) is 8. The minimum absolute atomic E-state index is 0.0117. The third kappa shape index (κ3) is 9.36. The smallest absolute Gasteiger partial charge is 0.326 e. The van der Waals surface area contributed by atoms with Crippen molar-refractivity contribution in [3.8, 4) is 0 Å². The first kappa shape index (κ1) is 29.0. The SMILES string of the molecule is CC(C)C(NC(=O)C(Cc1cnc[nH]1)NC(=O)C(Cc1cnc[nH]1)NC(=O)C(N)CCC(N)=O)C(=O)O. The van der Waals surface area contributed by atoms with Crippen molar-refractivity contribution in [2.75, 3.05) is 0 Å². The highest BCUT2D eigenvalue weighted by atomic mass is 16.4. The standard InChI is InChI=1S/C22H33N9O6/c1-11(2)18(22(36)37)31-21(35)16(6-13-8-26-10-28-13)30-20(34)15(5-12-7-25-9-27-12)29-19(33)14(23)3-4-17(24)32/h7-11,14-16,18H,3-6,23H2,1-2H3,(H2,24,32)(H,25,27)(H,26,28)(H,29,33)(H,30,34)(H,31,35)(H,36,37). The van der Waals surface area contributed by atoms with Gasteiger partial charge in [-0.25, -0.2) is 14.8 Å². The van der Waals surface area contributed by atoms with E-state index in [4.69, 9.17) is 11.5 Å². The van der Waals surface area contributed by atoms with Gasteiger partial charge in [-0.3, -0.25) is 19.2 Å². The highest BCUT2D eigenvalue weighted by molar-refractivity contribution is 5.94. The lowest BCUT2D eigenvalue weighted by Gasteiger charge is -2.25. The molecule has 4 atom stereocenters. The summed E-state index contributed by atoms with van der Waals surface area (Å²) in [6.45, 7) is 3.28. The molecule has 15 heteroatoms. The van der Waals surface area contributed by atoms with Crippen LogP contribution in [0.3, 0.4) is 0 Å². The van der Waals surface area contributed by atoms with E-state index in [1.807, 2.05) is 0 Å². The number of nitrogens with one attached hydrogen (secondary N) is 5. The zero-order valence-electron chi connectivity index (χ0n) is 20.6. The number of carboxylic acid groups (broad SMARTS) is 1. The molecule has 4 amide bonds. The highest BCUT2D eigenvalue weighted by Gasteiger charge is 2.32. The third-order valence-corrected chi connectivity index (χ3v) is 5.49. The summed E-state index contributed by atoms with van der Waals surface area (Å²) >= 11 is 0. The van der Waals surface area contributed by atoms with Crippen molar-refractivity contribution in [2.24, 2.45) is 17.4 Å². The molecule has 2 aromatic heterocycles. The molecule has 2 heterocycles. The molecule has 202 valence electrons. The van der Waals surface area contributed by atoms with Crippen LogP contribution >= 0.6 is 0 Å². The molecular weight excluding hydrogens is 486 g/mol. The Morgan fingerprint density at radius 3 is 1.78 bits per heavy atom. The van der Waals surface area contributed by atoms with Crippen LogP contribution in [0.25, 0.3) is 0 Å². The van der Waals surface area contributed by atoms with E-state index in [9.17, 15) is 29.1 Å². The molecule has 15 nitrogen and oxygen atoms in total. The van der Waals surface area contributed by atoms with Crippen LogP contribution in [0.4, 0.5) is 0 Å². The van der Waals surface area contributed by atoms with Gasteiger partial charge in [0.1, 0.15) is 18.1 Å². The average molecular weight is 520 g/mol. The molecule has 0 aliphatic rings. The van der Waals surface area contributed by atoms with E-state index in [1.165, 1.54) is 25.0 Å². The molecule has 0 aliphatic carbocycles. The summed E-state index contributed by atoms with van der Waals surface area (Å²) < 4.78 is 0. The number of imidazole rings is 2. The molecule has 0 aromatic carbocycles. The fourth-order valence-electron chi connectivity index (χ4n) is 3.40. The van der Waals surface area contributed by atoms with Crippen LogP contribution in [0, 0.1) is 5.92 Å². The molecule has 2 aromatic rings. The number of carboxylic acids is 1. The molecular formula is C22H33N9O6. The van der Waals surface area contributed by atoms with E-state index >= 15 is 0 Å². The first-order chi connectivity index (χ1) is 17.5. The Morgan fingerprint density at radius 1 is 0.892 bits per heavy atom. The van der Waals surface area contributed by atoms with Crippen molar-refractivity contribution in [1.29, 1.82) is 0 Å². The summed E-state index contributed by atoms with van der Waals surface area (Å²) in [7, 11) is 0. The first-order valence-corrected chi connectivity index (χ1v) is 11.6. The van der Waals surface area contributed by atoms with Gasteiger partial charge in [-0.2, -0.15) is 0 Å². The van der Waals surface area contributed by atoms with E-state index in [0.29, 0.717) is 11.4 Å². The predicted molar refractivity (Wildman–Crippen MR) is 129 cm³/mol. The van der Waals surface area contributed by atoms with Gasteiger partial charge in [-0.1, -0.05) is 13.8 Å². The topological polar surface area (TPSA) is 251 Å². The molecule has 4 unspecified atom stereocenters. The van der Waals surface area contributed by atoms with Gasteiger partial charge in [0.25, 0.3) is 0 Å². The third-order valence-electron chi connectivity index (χ3n) is 5.49. The van der Waals surface area contributed by atoms with Gasteiger partial charge in [-0.05, 0) is 12.3 Å². The van der Waals surface area contributed by atoms with Gasteiger partial charge in [0, 0.05) is 43.0 Å². The molecule has 0 saturated heterocycles. The van der Waals surface area contributed by atoms with Crippen LogP contribution in [-0.2, 0) is 36.8 Å². The van der Waals surface area contributed by atoms with Crippen molar-refractivity contribution in [2.45, 2.75) is 63.7 Å². The first-order valence-electron chi connectivity index (χ1n) is 11.6. The maximum atomic E-state index is 13.3. The van der Waals surface area contributed by atoms with Crippen LogP contribution in [0.5, 0.6) is 0 Å². The van der Waals surface area contributed by atoms with Crippen LogP contribution in [-0.4, -0.2) is 78.8 Å². The molecule has 0 spiro atoms. The second kappa shape index (κ2) is 13.7. The number of aromatic amines is 2. The number of aromatic nitrogens is 4. The van der Waals surface area contributed by atoms with Gasteiger partial charge in [0.05, 0.1) is 18.7 Å². The Hall–Kier alpha value is -4.27. The summed E-state index contributed by atoms with van der Waals surface area (Å²) in [5.74, 6) is -4.40. The molecule has 2 rings (SSSR count). The zero-order valence-corrected chi connectivity index (χ0v) is 20.6. The molecule has 37 heavy (non-hydrogen) atoms. The summed E-state index contributed by atoms with van der Waals surface area (Å²) in [4.78, 5) is 75.0. The maximum absolute atomic E-state index is 13.3. The second-order valence-electron chi connectivity index (χ2n) is 8.86. The Morgan fingerprint density at radius 2 is 1.38 bits per heavy atom. The molecule has 0 radical (unpaired) electrons. The lowest BCUT2D eigenvalue weighted by Crippen LogP contribution is -2.58. The number of nitrogens with zero attached hydrogens (tertiary/aromatic N) is 2. The van der Waals surface area contributed by atoms with Crippen molar-refractivity contribution < 1.29 is 29.1 Å². The van der Waals surface area contributed by atoms with Crippen molar-refractivity contribution in [3.05, 3.63) is 36.4 Å². The zero-order chi connectivity index (χ0) is 27.5. The Bertz CT molecular complexity index is 1050. The number of H-pyrrole nitrogens is 2. The van der Waals surface area contributed by atoms with Crippen molar-refractivity contribution in [3.63, 3.8) is 0 Å². The lowest BCUT2D eigenvalue weighted by atomic mass is 10.0. The highest BCUT2D eigenvalue weighted by Crippen LogP contribution is 2.07. The van der Waals surface area contributed by atoms with Crippen LogP contribution in [0.2, 0.25) is 0 Å². The number of rotatable bonds is 15. The molecule has 0 bridgehead atoms. The maximum Gasteiger partial charge on any atom is 0.326 e. The largest absolute Gasteiger partial charge is 0.480 e. The fraction of sp³-hybridized carbons (Fsp3) is 0.500. The number of carbonyl (C=O) groups is 5. The molecule has 10 N–H and O–H groups in total. The van der Waals surface area contributed by atoms with Gasteiger partial charge < -0.3 is 42.5 Å². The number of nitrogens with two attached hydrogens (primary N) is 2. The van der Waals surface area contributed by atoms with E-state index in [-0.39, 0.29) is 25.7 Å². The van der Waals surface area contributed by atoms with E-state index in [1.54, 1.807) is 13.8 Å². The Labute approximate surface area is 212 Å². The van der Waals surface area contributed by atoms with Gasteiger partial charge >= 0.3 is 5.97 Å². The number of aliphatic carboxylic acids is 1. The monoisotopic (exact) mass is 519 g/mol.